The van der Waals surface area contributed by atoms with Crippen molar-refractivity contribution in [2.45, 2.75) is 12.5 Å². The molecule has 2 rings (SSSR count). The molecular formula is C13H15ClFN3O3. The van der Waals surface area contributed by atoms with Gasteiger partial charge in [0.2, 0.25) is 5.91 Å². The van der Waals surface area contributed by atoms with Crippen LogP contribution in [0.25, 0.3) is 0 Å². The van der Waals surface area contributed by atoms with E-state index in [1.807, 2.05) is 0 Å². The third-order valence-corrected chi connectivity index (χ3v) is 3.61. The normalized spacial score (nSPS) is 19.6. The lowest BCUT2D eigenvalue weighted by atomic mass is 10.1. The minimum atomic E-state index is -0.663. The van der Waals surface area contributed by atoms with Gasteiger partial charge >= 0.3 is 0 Å². The maximum atomic E-state index is 13.7. The number of carbonyl (C=O) groups is 1. The number of nitrogens with zero attached hydrogens (tertiary/aromatic N) is 2. The molecule has 114 valence electrons. The number of nitrogens with two attached hydrogens (primary N) is 1. The maximum absolute atomic E-state index is 13.7. The Morgan fingerprint density at radius 3 is 3.05 bits per heavy atom. The van der Waals surface area contributed by atoms with Gasteiger partial charge in [-0.3, -0.25) is 4.79 Å². The number of rotatable bonds is 3. The van der Waals surface area contributed by atoms with Gasteiger partial charge in [-0.15, -0.1) is 0 Å². The first-order valence-corrected chi connectivity index (χ1v) is 6.70. The molecule has 0 aromatic heterocycles. The summed E-state index contributed by atoms with van der Waals surface area (Å²) in [4.78, 5) is 13.7. The van der Waals surface area contributed by atoms with E-state index in [0.717, 1.165) is 0 Å². The quantitative estimate of drug-likeness (QED) is 0.377. The van der Waals surface area contributed by atoms with Crippen molar-refractivity contribution in [2.24, 2.45) is 10.9 Å². The lowest BCUT2D eigenvalue weighted by Crippen LogP contribution is -2.51. The molecule has 21 heavy (non-hydrogen) atoms. The molecule has 1 amide bonds. The monoisotopic (exact) mass is 315 g/mol. The van der Waals surface area contributed by atoms with Gasteiger partial charge in [0.1, 0.15) is 11.9 Å². The molecule has 1 unspecified atom stereocenters. The van der Waals surface area contributed by atoms with Crippen molar-refractivity contribution >= 4 is 23.3 Å². The number of benzene rings is 1. The van der Waals surface area contributed by atoms with Crippen LogP contribution in [0, 0.1) is 5.82 Å². The van der Waals surface area contributed by atoms with E-state index < -0.39 is 11.9 Å². The molecule has 1 aliphatic heterocycles. The number of amides is 1. The number of morpholine rings is 1. The van der Waals surface area contributed by atoms with Crippen molar-refractivity contribution in [3.05, 3.63) is 34.6 Å². The van der Waals surface area contributed by atoms with Crippen LogP contribution in [0.3, 0.4) is 0 Å². The smallest absolute Gasteiger partial charge is 0.227 e. The average Bonchev–Trinajstić information content (AvgIpc) is 2.50. The maximum Gasteiger partial charge on any atom is 0.227 e. The number of hydrogen-bond acceptors (Lipinski definition) is 4. The molecule has 3 N–H and O–H groups in total. The molecule has 1 atom stereocenters. The number of carbonyl (C=O) groups excluding carboxylic acids is 1. The second-order valence-corrected chi connectivity index (χ2v) is 5.01. The van der Waals surface area contributed by atoms with E-state index in [-0.39, 0.29) is 41.9 Å². The molecule has 1 saturated heterocycles. The Hall–Kier alpha value is -1.86. The topological polar surface area (TPSA) is 88.2 Å². The Balaban J connectivity index is 2.06. The van der Waals surface area contributed by atoms with E-state index in [2.05, 4.69) is 5.16 Å². The number of hydrogen-bond donors (Lipinski definition) is 2. The fraction of sp³-hybridized carbons (Fsp3) is 0.385. The number of ether oxygens (including phenoxy) is 1. The van der Waals surface area contributed by atoms with Gasteiger partial charge in [0.05, 0.1) is 19.6 Å². The Labute approximate surface area is 125 Å². The van der Waals surface area contributed by atoms with E-state index in [1.54, 1.807) is 0 Å². The van der Waals surface area contributed by atoms with E-state index in [4.69, 9.17) is 27.3 Å². The van der Waals surface area contributed by atoms with Crippen molar-refractivity contribution in [2.75, 3.05) is 19.7 Å². The van der Waals surface area contributed by atoms with Crippen LogP contribution < -0.4 is 5.73 Å². The zero-order valence-electron chi connectivity index (χ0n) is 11.1. The molecule has 1 aromatic rings. The van der Waals surface area contributed by atoms with Gasteiger partial charge in [-0.1, -0.05) is 22.8 Å². The summed E-state index contributed by atoms with van der Waals surface area (Å²) < 4.78 is 19.0. The lowest BCUT2D eigenvalue weighted by Gasteiger charge is -2.32. The van der Waals surface area contributed by atoms with Crippen LogP contribution in [-0.4, -0.2) is 47.7 Å². The summed E-state index contributed by atoms with van der Waals surface area (Å²) in [5.74, 6) is -0.908. The van der Waals surface area contributed by atoms with E-state index >= 15 is 0 Å². The Kier molecular flexibility index (Phi) is 4.98. The molecule has 0 saturated carbocycles. The standard InChI is InChI=1S/C13H15ClFN3O3/c14-9-2-1-3-10(15)8(9)6-12(19)18-4-5-21-11(7-18)13(16)17-20/h1-3,11,20H,4-7H2,(H2,16,17). The highest BCUT2D eigenvalue weighted by Crippen LogP contribution is 2.20. The number of amidine groups is 1. The van der Waals surface area contributed by atoms with E-state index in [0.29, 0.717) is 6.54 Å². The van der Waals surface area contributed by atoms with E-state index in [1.165, 1.54) is 23.1 Å². The first kappa shape index (κ1) is 15.5. The van der Waals surface area contributed by atoms with Crippen LogP contribution in [0.15, 0.2) is 23.4 Å². The molecule has 0 bridgehead atoms. The Morgan fingerprint density at radius 2 is 2.38 bits per heavy atom. The molecular weight excluding hydrogens is 301 g/mol. The molecule has 8 heteroatoms. The van der Waals surface area contributed by atoms with Crippen LogP contribution in [0.2, 0.25) is 5.02 Å². The number of oxime groups is 1. The minimum Gasteiger partial charge on any atom is -0.409 e. The van der Waals surface area contributed by atoms with Crippen LogP contribution in [0.1, 0.15) is 5.56 Å². The van der Waals surface area contributed by atoms with Gasteiger partial charge in [0.15, 0.2) is 5.84 Å². The summed E-state index contributed by atoms with van der Waals surface area (Å²) in [6.45, 7) is 0.776. The molecule has 6 nitrogen and oxygen atoms in total. The summed E-state index contributed by atoms with van der Waals surface area (Å²) in [6, 6.07) is 4.27. The number of halogens is 2. The van der Waals surface area contributed by atoms with Gasteiger partial charge in [-0.2, -0.15) is 0 Å². The minimum absolute atomic E-state index is 0.101. The summed E-state index contributed by atoms with van der Waals surface area (Å²) in [6.07, 6.45) is -0.808. The molecule has 1 aromatic carbocycles. The summed E-state index contributed by atoms with van der Waals surface area (Å²) in [7, 11) is 0. The van der Waals surface area contributed by atoms with Gasteiger partial charge < -0.3 is 20.6 Å². The molecule has 1 fully saturated rings. The fourth-order valence-electron chi connectivity index (χ4n) is 2.08. The highest BCUT2D eigenvalue weighted by Gasteiger charge is 2.27. The van der Waals surface area contributed by atoms with Crippen molar-refractivity contribution in [1.29, 1.82) is 0 Å². The Morgan fingerprint density at radius 1 is 1.62 bits per heavy atom. The molecule has 0 spiro atoms. The second-order valence-electron chi connectivity index (χ2n) is 4.60. The van der Waals surface area contributed by atoms with Crippen LogP contribution in [0.4, 0.5) is 4.39 Å². The molecule has 0 radical (unpaired) electrons. The third kappa shape index (κ3) is 3.62. The molecule has 0 aliphatic carbocycles. The highest BCUT2D eigenvalue weighted by atomic mass is 35.5. The second kappa shape index (κ2) is 6.73. The largest absolute Gasteiger partial charge is 0.409 e. The predicted molar refractivity (Wildman–Crippen MR) is 74.8 cm³/mol. The molecule has 1 aliphatic rings. The first-order chi connectivity index (χ1) is 10.0. The zero-order chi connectivity index (χ0) is 15.4. The van der Waals surface area contributed by atoms with Crippen molar-refractivity contribution in [3.8, 4) is 0 Å². The summed E-state index contributed by atoms with van der Waals surface area (Å²) in [5, 5.41) is 11.7. The van der Waals surface area contributed by atoms with Crippen molar-refractivity contribution in [3.63, 3.8) is 0 Å². The van der Waals surface area contributed by atoms with Gasteiger partial charge in [0, 0.05) is 17.1 Å². The van der Waals surface area contributed by atoms with Gasteiger partial charge in [-0.05, 0) is 12.1 Å². The van der Waals surface area contributed by atoms with Crippen LogP contribution in [-0.2, 0) is 16.0 Å². The average molecular weight is 316 g/mol. The third-order valence-electron chi connectivity index (χ3n) is 3.25. The van der Waals surface area contributed by atoms with Crippen molar-refractivity contribution < 1.29 is 19.1 Å². The lowest BCUT2D eigenvalue weighted by molar-refractivity contribution is -0.136. The summed E-state index contributed by atoms with van der Waals surface area (Å²) >= 11 is 5.91. The van der Waals surface area contributed by atoms with E-state index in [9.17, 15) is 9.18 Å². The SMILES string of the molecule is NC(=NO)C1CN(C(=O)Cc2c(F)cccc2Cl)CCO1. The van der Waals surface area contributed by atoms with Gasteiger partial charge in [0.25, 0.3) is 0 Å². The highest BCUT2D eigenvalue weighted by molar-refractivity contribution is 6.31. The molecule has 1 heterocycles. The van der Waals surface area contributed by atoms with Crippen LogP contribution in [0.5, 0.6) is 0 Å². The fourth-order valence-corrected chi connectivity index (χ4v) is 2.31. The summed E-state index contributed by atoms with van der Waals surface area (Å²) in [5.41, 5.74) is 5.63. The first-order valence-electron chi connectivity index (χ1n) is 6.32. The van der Waals surface area contributed by atoms with Gasteiger partial charge in [-0.25, -0.2) is 4.39 Å². The zero-order valence-corrected chi connectivity index (χ0v) is 11.9. The predicted octanol–water partition coefficient (Wildman–Crippen LogP) is 0.995. The van der Waals surface area contributed by atoms with Crippen molar-refractivity contribution in [1.82, 2.24) is 4.90 Å². The Bertz CT molecular complexity index is 547. The van der Waals surface area contributed by atoms with Crippen LogP contribution >= 0.6 is 11.6 Å².